The Morgan fingerprint density at radius 2 is 2.13 bits per heavy atom. The van der Waals surface area contributed by atoms with E-state index in [1.54, 1.807) is 30.3 Å². The van der Waals surface area contributed by atoms with E-state index in [0.29, 0.717) is 6.54 Å². The van der Waals surface area contributed by atoms with Gasteiger partial charge in [0.2, 0.25) is 5.91 Å². The number of aryl methyl sites for hydroxylation is 2. The molecule has 0 unspecified atom stereocenters. The van der Waals surface area contributed by atoms with Crippen LogP contribution in [0.5, 0.6) is 0 Å². The number of carbonyl (C=O) groups excluding carboxylic acids is 1. The van der Waals surface area contributed by atoms with Crippen LogP contribution in [0, 0.1) is 13.8 Å². The number of rotatable bonds is 4. The molecule has 0 aromatic carbocycles. The van der Waals surface area contributed by atoms with E-state index in [0.717, 1.165) is 6.54 Å². The lowest BCUT2D eigenvalue weighted by Gasteiger charge is -2.10. The van der Waals surface area contributed by atoms with Crippen molar-refractivity contribution in [3.05, 3.63) is 21.4 Å². The molecule has 1 N–H and O–H groups in total. The van der Waals surface area contributed by atoms with E-state index in [4.69, 9.17) is 0 Å². The van der Waals surface area contributed by atoms with Crippen molar-refractivity contribution in [2.45, 2.75) is 20.4 Å². The number of carbonyl (C=O) groups is 1. The number of likely N-dealkylation sites (N-methyl/N-ethyl adjacent to an activating group) is 1. The smallest absolute Gasteiger partial charge is 0.236 e. The van der Waals surface area contributed by atoms with E-state index in [2.05, 4.69) is 25.2 Å². The topological polar surface area (TPSA) is 32.3 Å². The number of amides is 1. The fourth-order valence-electron chi connectivity index (χ4n) is 1.32. The van der Waals surface area contributed by atoms with Crippen LogP contribution in [0.15, 0.2) is 6.07 Å². The Labute approximate surface area is 95.1 Å². The lowest BCUT2D eigenvalue weighted by Crippen LogP contribution is -2.32. The SMILES string of the molecule is Cc1cc(CNCC(=O)N(C)C)c(C)s1. The molecule has 15 heavy (non-hydrogen) atoms. The molecule has 3 nitrogen and oxygen atoms in total. The van der Waals surface area contributed by atoms with Crippen LogP contribution < -0.4 is 5.32 Å². The van der Waals surface area contributed by atoms with Gasteiger partial charge < -0.3 is 10.2 Å². The van der Waals surface area contributed by atoms with E-state index in [-0.39, 0.29) is 5.91 Å². The second kappa shape index (κ2) is 5.28. The summed E-state index contributed by atoms with van der Waals surface area (Å²) in [7, 11) is 3.54. The normalized spacial score (nSPS) is 10.4. The molecule has 1 heterocycles. The maximum atomic E-state index is 11.3. The largest absolute Gasteiger partial charge is 0.348 e. The first kappa shape index (κ1) is 12.2. The molecule has 1 aromatic rings. The first-order chi connectivity index (χ1) is 7.00. The Morgan fingerprint density at radius 3 is 2.60 bits per heavy atom. The van der Waals surface area contributed by atoms with Crippen molar-refractivity contribution in [1.29, 1.82) is 0 Å². The van der Waals surface area contributed by atoms with Gasteiger partial charge in [0.05, 0.1) is 6.54 Å². The van der Waals surface area contributed by atoms with Crippen molar-refractivity contribution in [2.24, 2.45) is 0 Å². The molecule has 0 aliphatic rings. The van der Waals surface area contributed by atoms with Crippen LogP contribution in [-0.2, 0) is 11.3 Å². The molecule has 84 valence electrons. The van der Waals surface area contributed by atoms with Gasteiger partial charge in [-0.3, -0.25) is 4.79 Å². The number of nitrogens with one attached hydrogen (secondary N) is 1. The summed E-state index contributed by atoms with van der Waals surface area (Å²) in [6.07, 6.45) is 0. The number of hydrogen-bond donors (Lipinski definition) is 1. The molecule has 0 fully saturated rings. The van der Waals surface area contributed by atoms with E-state index >= 15 is 0 Å². The Balaban J connectivity index is 2.38. The van der Waals surface area contributed by atoms with Gasteiger partial charge in [0.25, 0.3) is 0 Å². The zero-order valence-corrected chi connectivity index (χ0v) is 10.6. The average molecular weight is 226 g/mol. The summed E-state index contributed by atoms with van der Waals surface area (Å²) < 4.78 is 0. The van der Waals surface area contributed by atoms with Crippen LogP contribution in [-0.4, -0.2) is 31.4 Å². The molecule has 0 aliphatic heterocycles. The summed E-state index contributed by atoms with van der Waals surface area (Å²) in [4.78, 5) is 15.5. The van der Waals surface area contributed by atoms with Crippen molar-refractivity contribution in [1.82, 2.24) is 10.2 Å². The monoisotopic (exact) mass is 226 g/mol. The van der Waals surface area contributed by atoms with Gasteiger partial charge in [0.15, 0.2) is 0 Å². The number of thiophene rings is 1. The van der Waals surface area contributed by atoms with Crippen molar-refractivity contribution in [3.63, 3.8) is 0 Å². The fourth-order valence-corrected chi connectivity index (χ4v) is 2.27. The predicted octanol–water partition coefficient (Wildman–Crippen LogP) is 1.54. The molecule has 0 aliphatic carbocycles. The number of nitrogens with zero attached hydrogens (tertiary/aromatic N) is 1. The maximum Gasteiger partial charge on any atom is 0.236 e. The van der Waals surface area contributed by atoms with Crippen molar-refractivity contribution in [3.8, 4) is 0 Å². The fraction of sp³-hybridized carbons (Fsp3) is 0.545. The maximum absolute atomic E-state index is 11.3. The zero-order valence-electron chi connectivity index (χ0n) is 9.76. The van der Waals surface area contributed by atoms with Gasteiger partial charge in [-0.05, 0) is 25.5 Å². The van der Waals surface area contributed by atoms with Gasteiger partial charge in [-0.25, -0.2) is 0 Å². The zero-order chi connectivity index (χ0) is 11.4. The van der Waals surface area contributed by atoms with Crippen LogP contribution in [0.4, 0.5) is 0 Å². The molecular formula is C11H18N2OS. The van der Waals surface area contributed by atoms with Gasteiger partial charge in [-0.1, -0.05) is 0 Å². The molecule has 1 amide bonds. The predicted molar refractivity (Wildman–Crippen MR) is 64.2 cm³/mol. The summed E-state index contributed by atoms with van der Waals surface area (Å²) >= 11 is 1.80. The minimum atomic E-state index is 0.111. The van der Waals surface area contributed by atoms with E-state index in [1.165, 1.54) is 15.3 Å². The highest BCUT2D eigenvalue weighted by atomic mass is 32.1. The molecule has 0 bridgehead atoms. The van der Waals surface area contributed by atoms with Crippen LogP contribution in [0.25, 0.3) is 0 Å². The summed E-state index contributed by atoms with van der Waals surface area (Å²) in [5.41, 5.74) is 1.30. The van der Waals surface area contributed by atoms with Crippen LogP contribution in [0.3, 0.4) is 0 Å². The molecule has 0 atom stereocenters. The quantitative estimate of drug-likeness (QED) is 0.844. The third-order valence-electron chi connectivity index (χ3n) is 2.23. The van der Waals surface area contributed by atoms with E-state index < -0.39 is 0 Å². The lowest BCUT2D eigenvalue weighted by molar-refractivity contribution is -0.127. The molecule has 0 saturated heterocycles. The highest BCUT2D eigenvalue weighted by Crippen LogP contribution is 2.19. The highest BCUT2D eigenvalue weighted by molar-refractivity contribution is 7.12. The van der Waals surface area contributed by atoms with Gasteiger partial charge >= 0.3 is 0 Å². The Bertz CT molecular complexity index is 344. The van der Waals surface area contributed by atoms with Crippen LogP contribution in [0.1, 0.15) is 15.3 Å². The molecular weight excluding hydrogens is 208 g/mol. The molecule has 0 radical (unpaired) electrons. The second-order valence-electron chi connectivity index (χ2n) is 3.83. The summed E-state index contributed by atoms with van der Waals surface area (Å²) in [6.45, 7) is 5.39. The summed E-state index contributed by atoms with van der Waals surface area (Å²) in [6, 6.07) is 2.17. The summed E-state index contributed by atoms with van der Waals surface area (Å²) in [5, 5.41) is 3.15. The first-order valence-electron chi connectivity index (χ1n) is 4.97. The van der Waals surface area contributed by atoms with Gasteiger partial charge in [0.1, 0.15) is 0 Å². The minimum Gasteiger partial charge on any atom is -0.348 e. The Hall–Kier alpha value is -0.870. The standard InChI is InChI=1S/C11H18N2OS/c1-8-5-10(9(2)15-8)6-12-7-11(14)13(3)4/h5,12H,6-7H2,1-4H3. The van der Waals surface area contributed by atoms with Crippen molar-refractivity contribution in [2.75, 3.05) is 20.6 Å². The van der Waals surface area contributed by atoms with E-state index in [1.807, 2.05) is 0 Å². The summed E-state index contributed by atoms with van der Waals surface area (Å²) in [5.74, 6) is 0.111. The molecule has 1 rings (SSSR count). The second-order valence-corrected chi connectivity index (χ2v) is 5.29. The number of hydrogen-bond acceptors (Lipinski definition) is 3. The Morgan fingerprint density at radius 1 is 1.47 bits per heavy atom. The molecule has 0 saturated carbocycles. The van der Waals surface area contributed by atoms with Crippen LogP contribution >= 0.6 is 11.3 Å². The third kappa shape index (κ3) is 3.64. The third-order valence-corrected chi connectivity index (χ3v) is 3.24. The van der Waals surface area contributed by atoms with E-state index in [9.17, 15) is 4.79 Å². The van der Waals surface area contributed by atoms with Crippen molar-refractivity contribution >= 4 is 17.2 Å². The van der Waals surface area contributed by atoms with Gasteiger partial charge in [-0.15, -0.1) is 11.3 Å². The first-order valence-corrected chi connectivity index (χ1v) is 5.79. The molecule has 4 heteroatoms. The average Bonchev–Trinajstić information content (AvgIpc) is 2.45. The Kier molecular flexibility index (Phi) is 4.29. The van der Waals surface area contributed by atoms with Crippen molar-refractivity contribution < 1.29 is 4.79 Å². The minimum absolute atomic E-state index is 0.111. The lowest BCUT2D eigenvalue weighted by atomic mass is 10.2. The molecule has 1 aromatic heterocycles. The molecule has 0 spiro atoms. The highest BCUT2D eigenvalue weighted by Gasteiger charge is 2.05. The van der Waals surface area contributed by atoms with Gasteiger partial charge in [0, 0.05) is 30.4 Å². The van der Waals surface area contributed by atoms with Crippen LogP contribution in [0.2, 0.25) is 0 Å². The van der Waals surface area contributed by atoms with Gasteiger partial charge in [-0.2, -0.15) is 0 Å².